The molecule has 0 N–H and O–H groups in total. The lowest BCUT2D eigenvalue weighted by Gasteiger charge is -2.40. The van der Waals surface area contributed by atoms with Crippen LogP contribution in [0.1, 0.15) is 43.1 Å². The summed E-state index contributed by atoms with van der Waals surface area (Å²) in [5.74, 6) is 0.725. The van der Waals surface area contributed by atoms with E-state index in [0.717, 1.165) is 67.5 Å². The summed E-state index contributed by atoms with van der Waals surface area (Å²) in [6.07, 6.45) is 3.44. The van der Waals surface area contributed by atoms with Crippen LogP contribution in [0, 0.1) is 6.92 Å². The average molecular weight is 752 g/mol. The largest absolute Gasteiger partial charge is 0.379 e. The molecule has 274 valence electrons. The number of rotatable bonds is 7. The van der Waals surface area contributed by atoms with Crippen molar-refractivity contribution >= 4 is 53.0 Å². The quantitative estimate of drug-likeness (QED) is 0.173. The molecule has 3 aliphatic heterocycles. The summed E-state index contributed by atoms with van der Waals surface area (Å²) in [6, 6.07) is 27.5. The van der Waals surface area contributed by atoms with E-state index in [2.05, 4.69) is 34.1 Å². The number of anilines is 3. The third kappa shape index (κ3) is 7.06. The minimum absolute atomic E-state index is 0. The van der Waals surface area contributed by atoms with Gasteiger partial charge >= 0.3 is 0 Å². The first-order valence-electron chi connectivity index (χ1n) is 18.0. The number of nitrogens with zero attached hydrogens (tertiary/aromatic N) is 6. The normalized spacial score (nSPS) is 16.9. The Balaban J connectivity index is 0.00000435. The molecule has 3 aliphatic rings. The molecular weight excluding hydrogens is 707 g/mol. The molecule has 2 aromatic heterocycles. The van der Waals surface area contributed by atoms with Crippen LogP contribution in [0.3, 0.4) is 0 Å². The van der Waals surface area contributed by atoms with Gasteiger partial charge in [0.1, 0.15) is 5.82 Å². The summed E-state index contributed by atoms with van der Waals surface area (Å²) in [5, 5.41) is 0.521. The van der Waals surface area contributed by atoms with Crippen LogP contribution in [0.2, 0.25) is 5.02 Å². The van der Waals surface area contributed by atoms with Crippen LogP contribution in [-0.4, -0.2) is 83.6 Å². The molecule has 2 amide bonds. The number of fused-ring (bicyclic) bond motifs is 2. The molecule has 5 heterocycles. The molecule has 3 aromatic carbocycles. The predicted molar refractivity (Wildman–Crippen MR) is 213 cm³/mol. The number of pyridine rings is 1. The molecular formula is C42H44Cl2N6O3. The zero-order valence-corrected chi connectivity index (χ0v) is 31.9. The van der Waals surface area contributed by atoms with Gasteiger partial charge in [0, 0.05) is 86.1 Å². The Hall–Kier alpha value is -4.67. The smallest absolute Gasteiger partial charge is 0.264 e. The maximum Gasteiger partial charge on any atom is 0.264 e. The summed E-state index contributed by atoms with van der Waals surface area (Å²) in [5.41, 5.74) is 8.36. The van der Waals surface area contributed by atoms with Crippen molar-refractivity contribution < 1.29 is 14.3 Å². The number of carbonyl (C=O) groups excluding carboxylic acids is 2. The number of amides is 2. The molecule has 0 radical (unpaired) electrons. The molecule has 0 unspecified atom stereocenters. The van der Waals surface area contributed by atoms with Gasteiger partial charge in [-0.2, -0.15) is 0 Å². The lowest BCUT2D eigenvalue weighted by atomic mass is 9.92. The average Bonchev–Trinajstić information content (AvgIpc) is 3.69. The Morgan fingerprint density at radius 2 is 1.60 bits per heavy atom. The molecule has 0 saturated carbocycles. The lowest BCUT2D eigenvalue weighted by Crippen LogP contribution is -2.52. The van der Waals surface area contributed by atoms with Gasteiger partial charge < -0.3 is 19.1 Å². The van der Waals surface area contributed by atoms with Gasteiger partial charge in [-0.1, -0.05) is 54.1 Å². The lowest BCUT2D eigenvalue weighted by molar-refractivity contribution is 0.0193. The molecule has 1 saturated heterocycles. The summed E-state index contributed by atoms with van der Waals surface area (Å²) < 4.78 is 7.61. The first-order chi connectivity index (χ1) is 25.3. The van der Waals surface area contributed by atoms with Crippen LogP contribution in [-0.2, 0) is 31.2 Å². The van der Waals surface area contributed by atoms with E-state index in [1.54, 1.807) is 17.2 Å². The van der Waals surface area contributed by atoms with Gasteiger partial charge in [-0.3, -0.25) is 19.4 Å². The van der Waals surface area contributed by atoms with Gasteiger partial charge in [0.05, 0.1) is 30.7 Å². The topological polar surface area (TPSA) is 74.2 Å². The fraction of sp³-hybridized carbons (Fsp3) is 0.310. The number of hydrogen-bond donors (Lipinski definition) is 0. The zero-order chi connectivity index (χ0) is 35.9. The van der Waals surface area contributed by atoms with Crippen molar-refractivity contribution in [1.29, 1.82) is 0 Å². The molecule has 0 aliphatic carbocycles. The Kier molecular flexibility index (Phi) is 10.6. The van der Waals surface area contributed by atoms with Crippen molar-refractivity contribution in [2.75, 3.05) is 56.2 Å². The Bertz CT molecular complexity index is 2150. The van der Waals surface area contributed by atoms with Crippen LogP contribution in [0.15, 0.2) is 91.1 Å². The fourth-order valence-corrected chi connectivity index (χ4v) is 8.10. The third-order valence-corrected chi connectivity index (χ3v) is 11.2. The van der Waals surface area contributed by atoms with Gasteiger partial charge in [-0.15, -0.1) is 12.4 Å². The highest BCUT2D eigenvalue weighted by atomic mass is 35.5. The minimum atomic E-state index is -0.174. The minimum Gasteiger partial charge on any atom is -0.379 e. The van der Waals surface area contributed by atoms with Crippen molar-refractivity contribution in [1.82, 2.24) is 19.4 Å². The number of benzene rings is 3. The maximum atomic E-state index is 14.8. The van der Waals surface area contributed by atoms with Crippen molar-refractivity contribution in [3.63, 3.8) is 0 Å². The highest BCUT2D eigenvalue weighted by Crippen LogP contribution is 2.37. The molecule has 9 nitrogen and oxygen atoms in total. The van der Waals surface area contributed by atoms with E-state index in [-0.39, 0.29) is 30.3 Å². The first-order valence-corrected chi connectivity index (χ1v) is 18.4. The molecule has 8 rings (SSSR count). The van der Waals surface area contributed by atoms with E-state index in [4.69, 9.17) is 21.3 Å². The number of ether oxygens (including phenoxy) is 1. The summed E-state index contributed by atoms with van der Waals surface area (Å²) in [4.78, 5) is 42.7. The summed E-state index contributed by atoms with van der Waals surface area (Å²) >= 11 is 6.67. The van der Waals surface area contributed by atoms with E-state index in [9.17, 15) is 9.59 Å². The van der Waals surface area contributed by atoms with Crippen LogP contribution in [0.4, 0.5) is 17.2 Å². The molecule has 53 heavy (non-hydrogen) atoms. The number of likely N-dealkylation sites (N-methyl/N-ethyl adjacent to an activating group) is 1. The van der Waals surface area contributed by atoms with Gasteiger partial charge in [0.15, 0.2) is 0 Å². The van der Waals surface area contributed by atoms with Gasteiger partial charge in [0.2, 0.25) is 0 Å². The monoisotopic (exact) mass is 750 g/mol. The summed E-state index contributed by atoms with van der Waals surface area (Å²) in [6.45, 7) is 7.25. The van der Waals surface area contributed by atoms with Crippen LogP contribution < -0.4 is 9.80 Å². The van der Waals surface area contributed by atoms with Crippen molar-refractivity contribution in [2.24, 2.45) is 7.05 Å². The van der Waals surface area contributed by atoms with Gasteiger partial charge in [0.25, 0.3) is 11.8 Å². The SMILES string of the molecule is Cc1c(C(=O)N(c2ccccc2)c2cnc3c(c2)CCN3C)cc(-c2cc(Cl)ccc2C(=O)N2Cc3ccccc3C[C@H]2CN2CCOCC2)n1C.Cl. The molecule has 0 spiro atoms. The second-order valence-electron chi connectivity index (χ2n) is 14.1. The van der Waals surface area contributed by atoms with Crippen molar-refractivity contribution in [3.05, 3.63) is 130 Å². The number of hydrogen-bond acceptors (Lipinski definition) is 6. The second-order valence-corrected chi connectivity index (χ2v) is 14.5. The first kappa shape index (κ1) is 36.7. The molecule has 11 heteroatoms. The van der Waals surface area contributed by atoms with Crippen LogP contribution >= 0.6 is 24.0 Å². The van der Waals surface area contributed by atoms with Crippen molar-refractivity contribution in [2.45, 2.75) is 32.4 Å². The van der Waals surface area contributed by atoms with E-state index in [0.29, 0.717) is 47.2 Å². The van der Waals surface area contributed by atoms with Crippen LogP contribution in [0.25, 0.3) is 11.3 Å². The molecule has 1 fully saturated rings. The number of morpholine rings is 1. The summed E-state index contributed by atoms with van der Waals surface area (Å²) in [7, 11) is 3.98. The molecule has 0 bridgehead atoms. The number of carbonyl (C=O) groups is 2. The zero-order valence-electron chi connectivity index (χ0n) is 30.3. The highest BCUT2D eigenvalue weighted by molar-refractivity contribution is 6.31. The fourth-order valence-electron chi connectivity index (χ4n) is 7.93. The Morgan fingerprint density at radius 3 is 2.38 bits per heavy atom. The number of halogens is 2. The highest BCUT2D eigenvalue weighted by Gasteiger charge is 2.34. The number of para-hydroxylation sites is 1. The number of aromatic nitrogens is 2. The third-order valence-electron chi connectivity index (χ3n) is 10.9. The molecule has 5 aromatic rings. The van der Waals surface area contributed by atoms with E-state index in [1.807, 2.05) is 85.1 Å². The molecule has 1 atom stereocenters. The van der Waals surface area contributed by atoms with Gasteiger partial charge in [-0.05, 0) is 78.9 Å². The van der Waals surface area contributed by atoms with E-state index >= 15 is 0 Å². The van der Waals surface area contributed by atoms with Crippen LogP contribution in [0.5, 0.6) is 0 Å². The van der Waals surface area contributed by atoms with Crippen molar-refractivity contribution in [3.8, 4) is 11.3 Å². The standard InChI is InChI=1S/C42H43ClN6O3.ClH/c1-28-37(42(51)49(33-11-5-4-6-12-33)34-22-30-15-16-45(2)40(30)44-25-34)24-39(46(28)3)38-23-32(43)13-14-36(38)41(50)48-26-31-10-8-7-9-29(31)21-35(48)27-47-17-19-52-20-18-47;/h4-14,22-25,35H,15-21,26-27H2,1-3H3;1H/t35-;/m0./s1. The van der Waals surface area contributed by atoms with E-state index in [1.165, 1.54) is 11.1 Å². The predicted octanol–water partition coefficient (Wildman–Crippen LogP) is 7.34. The van der Waals surface area contributed by atoms with E-state index < -0.39 is 0 Å². The van der Waals surface area contributed by atoms with Gasteiger partial charge in [-0.25, -0.2) is 4.98 Å². The maximum absolute atomic E-state index is 14.8. The second kappa shape index (κ2) is 15.4. The Morgan fingerprint density at radius 1 is 0.868 bits per heavy atom. The Labute approximate surface area is 322 Å².